The monoisotopic (exact) mass is 435 g/mol. The first-order valence-electron chi connectivity index (χ1n) is 9.76. The predicted octanol–water partition coefficient (Wildman–Crippen LogP) is 1.92. The van der Waals surface area contributed by atoms with E-state index in [9.17, 15) is 18.4 Å². The maximum Gasteiger partial charge on any atom is 0.267 e. The van der Waals surface area contributed by atoms with Crippen molar-refractivity contribution in [3.8, 4) is 0 Å². The second-order valence-electron chi connectivity index (χ2n) is 7.49. The van der Waals surface area contributed by atoms with Gasteiger partial charge in [0.15, 0.2) is 0 Å². The van der Waals surface area contributed by atoms with E-state index in [0.29, 0.717) is 18.8 Å². The van der Waals surface area contributed by atoms with E-state index >= 15 is 4.39 Å². The Morgan fingerprint density at radius 3 is 2.52 bits per heavy atom. The maximum atomic E-state index is 15.0. The first-order chi connectivity index (χ1) is 14.8. The molecule has 0 bridgehead atoms. The molecular formula is C20H20F3N5O3. The van der Waals surface area contributed by atoms with Gasteiger partial charge in [-0.15, -0.1) is 0 Å². The minimum Gasteiger partial charge on any atom is -0.364 e. The van der Waals surface area contributed by atoms with Crippen molar-refractivity contribution in [1.29, 1.82) is 0 Å². The Bertz CT molecular complexity index is 988. The van der Waals surface area contributed by atoms with E-state index < -0.39 is 41.6 Å². The zero-order chi connectivity index (χ0) is 22.1. The molecule has 0 saturated carbocycles. The number of nitrogens with zero attached hydrogens (tertiary/aromatic N) is 4. The number of hydroxylamine groups is 2. The zero-order valence-electron chi connectivity index (χ0n) is 16.4. The summed E-state index contributed by atoms with van der Waals surface area (Å²) < 4.78 is 42.2. The normalized spacial score (nSPS) is 23.8. The Balaban J connectivity index is 1.47. The molecule has 4 rings (SSSR count). The molecule has 0 spiro atoms. The van der Waals surface area contributed by atoms with Crippen molar-refractivity contribution in [3.05, 3.63) is 53.5 Å². The summed E-state index contributed by atoms with van der Waals surface area (Å²) in [4.78, 5) is 39.1. The molecule has 2 amide bonds. The largest absolute Gasteiger partial charge is 0.364 e. The minimum absolute atomic E-state index is 0.00856. The van der Waals surface area contributed by atoms with E-state index in [1.54, 1.807) is 4.90 Å². The van der Waals surface area contributed by atoms with Gasteiger partial charge in [0, 0.05) is 25.1 Å². The number of carbonyl (C=O) groups excluding carboxylic acids is 2. The van der Waals surface area contributed by atoms with Crippen LogP contribution in [0.5, 0.6) is 0 Å². The van der Waals surface area contributed by atoms with Gasteiger partial charge in [0.2, 0.25) is 0 Å². The van der Waals surface area contributed by atoms with Crippen molar-refractivity contribution >= 4 is 17.6 Å². The molecule has 1 aromatic carbocycles. The zero-order valence-corrected chi connectivity index (χ0v) is 16.4. The van der Waals surface area contributed by atoms with Crippen LogP contribution in [0.15, 0.2) is 30.6 Å². The number of halogens is 3. The van der Waals surface area contributed by atoms with Crippen molar-refractivity contribution in [2.45, 2.75) is 25.1 Å². The average molecular weight is 435 g/mol. The standard InChI is InChI=1S/C20H20F3N5O3/c21-12-5-11(6-13(22)7-12)17-2-4-31-28(17)20(30)14-1-3-27(9-15(14)23)18-8-16(19(24)29)25-10-26-18/h5-8,10,14-15,17H,1-4,9H2,(H2,24,29)/t14-,15+,17-/m1/s1. The van der Waals surface area contributed by atoms with Gasteiger partial charge >= 0.3 is 0 Å². The molecule has 164 valence electrons. The molecule has 2 aliphatic rings. The van der Waals surface area contributed by atoms with Crippen LogP contribution in [0.25, 0.3) is 0 Å². The molecule has 2 N–H and O–H groups in total. The van der Waals surface area contributed by atoms with Crippen LogP contribution in [0, 0.1) is 17.6 Å². The summed E-state index contributed by atoms with van der Waals surface area (Å²) in [6.07, 6.45) is 0.143. The quantitative estimate of drug-likeness (QED) is 0.788. The number of piperidine rings is 1. The number of carbonyl (C=O) groups is 2. The summed E-state index contributed by atoms with van der Waals surface area (Å²) in [5.74, 6) is -3.45. The Morgan fingerprint density at radius 1 is 1.10 bits per heavy atom. The summed E-state index contributed by atoms with van der Waals surface area (Å²) in [6.45, 7) is 0.360. The maximum absolute atomic E-state index is 15.0. The smallest absolute Gasteiger partial charge is 0.267 e. The number of nitrogens with two attached hydrogens (primary N) is 1. The second-order valence-corrected chi connectivity index (χ2v) is 7.49. The van der Waals surface area contributed by atoms with Crippen molar-refractivity contribution in [1.82, 2.24) is 15.0 Å². The van der Waals surface area contributed by atoms with Gasteiger partial charge in [-0.05, 0) is 24.1 Å². The molecule has 0 unspecified atom stereocenters. The highest BCUT2D eigenvalue weighted by Crippen LogP contribution is 2.35. The predicted molar refractivity (Wildman–Crippen MR) is 102 cm³/mol. The molecule has 2 fully saturated rings. The summed E-state index contributed by atoms with van der Waals surface area (Å²) >= 11 is 0. The van der Waals surface area contributed by atoms with Crippen LogP contribution in [-0.4, -0.2) is 52.7 Å². The van der Waals surface area contributed by atoms with Crippen molar-refractivity contribution in [2.75, 3.05) is 24.6 Å². The molecule has 8 nitrogen and oxygen atoms in total. The van der Waals surface area contributed by atoms with Crippen LogP contribution in [0.4, 0.5) is 19.0 Å². The van der Waals surface area contributed by atoms with E-state index in [-0.39, 0.29) is 30.8 Å². The summed E-state index contributed by atoms with van der Waals surface area (Å²) in [5.41, 5.74) is 5.49. The van der Waals surface area contributed by atoms with Crippen molar-refractivity contribution < 1.29 is 27.6 Å². The summed E-state index contributed by atoms with van der Waals surface area (Å²) in [7, 11) is 0. The molecule has 2 aliphatic heterocycles. The fourth-order valence-corrected chi connectivity index (χ4v) is 3.97. The van der Waals surface area contributed by atoms with E-state index in [2.05, 4.69) is 9.97 Å². The lowest BCUT2D eigenvalue weighted by Crippen LogP contribution is -2.49. The van der Waals surface area contributed by atoms with E-state index in [0.717, 1.165) is 23.3 Å². The van der Waals surface area contributed by atoms with Gasteiger partial charge in [-0.1, -0.05) is 0 Å². The van der Waals surface area contributed by atoms with Gasteiger partial charge in [-0.3, -0.25) is 14.4 Å². The number of rotatable bonds is 4. The molecule has 11 heteroatoms. The minimum atomic E-state index is -1.54. The van der Waals surface area contributed by atoms with E-state index in [1.807, 2.05) is 0 Å². The average Bonchev–Trinajstić information content (AvgIpc) is 3.22. The molecule has 31 heavy (non-hydrogen) atoms. The molecule has 2 saturated heterocycles. The van der Waals surface area contributed by atoms with E-state index in [1.165, 1.54) is 12.4 Å². The lowest BCUT2D eigenvalue weighted by Gasteiger charge is -2.36. The number of hydrogen-bond donors (Lipinski definition) is 1. The Kier molecular flexibility index (Phi) is 5.77. The Hall–Kier alpha value is -3.21. The molecular weight excluding hydrogens is 415 g/mol. The van der Waals surface area contributed by atoms with E-state index in [4.69, 9.17) is 10.6 Å². The van der Waals surface area contributed by atoms with Gasteiger partial charge in [0.1, 0.15) is 35.6 Å². The first-order valence-corrected chi connectivity index (χ1v) is 9.76. The lowest BCUT2D eigenvalue weighted by molar-refractivity contribution is -0.184. The van der Waals surface area contributed by atoms with Gasteiger partial charge < -0.3 is 10.6 Å². The van der Waals surface area contributed by atoms with Crippen LogP contribution >= 0.6 is 0 Å². The Labute approximate surface area is 175 Å². The number of benzene rings is 1. The van der Waals surface area contributed by atoms with Crippen LogP contribution in [-0.2, 0) is 9.63 Å². The topological polar surface area (TPSA) is 102 Å². The van der Waals surface area contributed by atoms with Gasteiger partial charge in [-0.25, -0.2) is 28.2 Å². The summed E-state index contributed by atoms with van der Waals surface area (Å²) in [5, 5.41) is 1.04. The number of anilines is 1. The molecule has 0 aliphatic carbocycles. The lowest BCUT2D eigenvalue weighted by atomic mass is 9.92. The third kappa shape index (κ3) is 4.31. The molecule has 0 radical (unpaired) electrons. The molecule has 3 atom stereocenters. The van der Waals surface area contributed by atoms with Crippen LogP contribution in [0.1, 0.15) is 34.9 Å². The number of aromatic nitrogens is 2. The van der Waals surface area contributed by atoms with Gasteiger partial charge in [0.05, 0.1) is 25.1 Å². The van der Waals surface area contributed by atoms with Crippen LogP contribution in [0.2, 0.25) is 0 Å². The number of amides is 2. The highest BCUT2D eigenvalue weighted by Gasteiger charge is 2.42. The van der Waals surface area contributed by atoms with Gasteiger partial charge in [0.25, 0.3) is 11.8 Å². The van der Waals surface area contributed by atoms with Crippen molar-refractivity contribution in [2.24, 2.45) is 11.7 Å². The highest BCUT2D eigenvalue weighted by atomic mass is 19.1. The van der Waals surface area contributed by atoms with Crippen LogP contribution in [0.3, 0.4) is 0 Å². The fraction of sp³-hybridized carbons (Fsp3) is 0.400. The number of alkyl halides is 1. The highest BCUT2D eigenvalue weighted by molar-refractivity contribution is 5.91. The SMILES string of the molecule is NC(=O)c1cc(N2CC[C@@H](C(=O)N3OCC[C@@H]3c3cc(F)cc(F)c3)[C@@H](F)C2)ncn1. The molecule has 1 aromatic heterocycles. The third-order valence-electron chi connectivity index (χ3n) is 5.48. The first kappa shape index (κ1) is 21.0. The second kappa shape index (κ2) is 8.50. The number of primary amides is 1. The van der Waals surface area contributed by atoms with Crippen molar-refractivity contribution in [3.63, 3.8) is 0 Å². The summed E-state index contributed by atoms with van der Waals surface area (Å²) in [6, 6.07) is 3.71. The Morgan fingerprint density at radius 2 is 1.84 bits per heavy atom. The molecule has 2 aromatic rings. The van der Waals surface area contributed by atoms with Crippen LogP contribution < -0.4 is 10.6 Å². The third-order valence-corrected chi connectivity index (χ3v) is 5.48. The fourth-order valence-electron chi connectivity index (χ4n) is 3.97. The van der Waals surface area contributed by atoms with Gasteiger partial charge in [-0.2, -0.15) is 0 Å². The number of hydrogen-bond acceptors (Lipinski definition) is 6. The molecule has 3 heterocycles.